The van der Waals surface area contributed by atoms with Crippen LogP contribution in [0.1, 0.15) is 52.0 Å². The maximum atomic E-state index is 3.74. The van der Waals surface area contributed by atoms with E-state index >= 15 is 0 Å². The smallest absolute Gasteiger partial charge is 0.0164 e. The Hall–Kier alpha value is -0.820. The zero-order chi connectivity index (χ0) is 13.0. The Bertz CT molecular complexity index is 351. The highest BCUT2D eigenvalue weighted by atomic mass is 14.9. The van der Waals surface area contributed by atoms with Crippen LogP contribution in [0.5, 0.6) is 0 Å². The molecule has 0 spiro atoms. The minimum absolute atomic E-state index is 0.437. The first-order chi connectivity index (χ1) is 8.69. The lowest BCUT2D eigenvalue weighted by molar-refractivity contribution is 0.368. The van der Waals surface area contributed by atoms with Gasteiger partial charge in [-0.2, -0.15) is 0 Å². The van der Waals surface area contributed by atoms with Crippen molar-refractivity contribution in [3.05, 3.63) is 35.9 Å². The topological polar surface area (TPSA) is 12.0 Å². The van der Waals surface area contributed by atoms with Crippen LogP contribution in [0.4, 0.5) is 0 Å². The molecule has 100 valence electrons. The van der Waals surface area contributed by atoms with E-state index in [0.29, 0.717) is 11.5 Å². The normalized spacial score (nSPS) is 18.9. The van der Waals surface area contributed by atoms with Crippen LogP contribution in [0, 0.1) is 5.92 Å². The van der Waals surface area contributed by atoms with Crippen molar-refractivity contribution >= 4 is 0 Å². The third-order valence-electron chi connectivity index (χ3n) is 4.29. The Balaban J connectivity index is 2.10. The van der Waals surface area contributed by atoms with E-state index in [1.165, 1.54) is 25.7 Å². The van der Waals surface area contributed by atoms with Crippen LogP contribution in [0.2, 0.25) is 0 Å². The Morgan fingerprint density at radius 2 is 1.78 bits per heavy atom. The molecular weight excluding hydrogens is 218 g/mol. The zero-order valence-electron chi connectivity index (χ0n) is 12.1. The molecule has 1 aromatic carbocycles. The standard InChI is InChI=1S/C17H27N/c1-4-18-16(11-10-14(2)3)17(12-13-17)15-8-6-5-7-9-15/h5-9,14,16,18H,4,10-13H2,1-3H3. The molecule has 18 heavy (non-hydrogen) atoms. The quantitative estimate of drug-likeness (QED) is 0.761. The molecule has 0 heterocycles. The van der Waals surface area contributed by atoms with Crippen LogP contribution in [0.15, 0.2) is 30.3 Å². The van der Waals surface area contributed by atoms with Gasteiger partial charge in [0, 0.05) is 11.5 Å². The van der Waals surface area contributed by atoms with Gasteiger partial charge in [-0.05, 0) is 43.7 Å². The van der Waals surface area contributed by atoms with Gasteiger partial charge in [0.25, 0.3) is 0 Å². The van der Waals surface area contributed by atoms with Crippen molar-refractivity contribution in [3.8, 4) is 0 Å². The molecule has 1 saturated carbocycles. The summed E-state index contributed by atoms with van der Waals surface area (Å²) in [6.45, 7) is 7.96. The van der Waals surface area contributed by atoms with Crippen molar-refractivity contribution in [2.24, 2.45) is 5.92 Å². The van der Waals surface area contributed by atoms with Gasteiger partial charge in [-0.1, -0.05) is 51.1 Å². The zero-order valence-corrected chi connectivity index (χ0v) is 12.1. The first-order valence-corrected chi connectivity index (χ1v) is 7.48. The number of hydrogen-bond donors (Lipinski definition) is 1. The molecular formula is C17H27N. The van der Waals surface area contributed by atoms with Gasteiger partial charge in [-0.15, -0.1) is 0 Å². The van der Waals surface area contributed by atoms with Gasteiger partial charge in [0.1, 0.15) is 0 Å². The molecule has 1 nitrogen and oxygen atoms in total. The van der Waals surface area contributed by atoms with Gasteiger partial charge in [0.05, 0.1) is 0 Å². The molecule has 1 aromatic rings. The van der Waals surface area contributed by atoms with Crippen molar-refractivity contribution in [3.63, 3.8) is 0 Å². The van der Waals surface area contributed by atoms with Gasteiger partial charge >= 0.3 is 0 Å². The molecule has 0 bridgehead atoms. The molecule has 1 N–H and O–H groups in total. The van der Waals surface area contributed by atoms with Crippen molar-refractivity contribution in [1.82, 2.24) is 5.32 Å². The second-order valence-electron chi connectivity index (χ2n) is 6.10. The van der Waals surface area contributed by atoms with Crippen LogP contribution < -0.4 is 5.32 Å². The highest BCUT2D eigenvalue weighted by molar-refractivity contribution is 5.33. The second kappa shape index (κ2) is 5.88. The van der Waals surface area contributed by atoms with E-state index in [2.05, 4.69) is 56.4 Å². The lowest BCUT2D eigenvalue weighted by atomic mass is 9.84. The van der Waals surface area contributed by atoms with Crippen LogP contribution >= 0.6 is 0 Å². The summed E-state index contributed by atoms with van der Waals surface area (Å²) < 4.78 is 0. The average molecular weight is 245 g/mol. The molecule has 0 aliphatic heterocycles. The molecule has 0 radical (unpaired) electrons. The third kappa shape index (κ3) is 2.95. The number of nitrogens with one attached hydrogen (secondary N) is 1. The molecule has 1 atom stereocenters. The van der Waals surface area contributed by atoms with Crippen LogP contribution in [0.25, 0.3) is 0 Å². The fraction of sp³-hybridized carbons (Fsp3) is 0.647. The van der Waals surface area contributed by atoms with E-state index in [1.807, 2.05) is 0 Å². The van der Waals surface area contributed by atoms with Crippen molar-refractivity contribution in [1.29, 1.82) is 0 Å². The summed E-state index contributed by atoms with van der Waals surface area (Å²) in [5.74, 6) is 0.803. The number of hydrogen-bond acceptors (Lipinski definition) is 1. The lowest BCUT2D eigenvalue weighted by Crippen LogP contribution is -2.40. The minimum Gasteiger partial charge on any atom is -0.313 e. The predicted molar refractivity (Wildman–Crippen MR) is 78.9 cm³/mol. The molecule has 1 heteroatoms. The Kier molecular flexibility index (Phi) is 4.45. The summed E-state index contributed by atoms with van der Waals surface area (Å²) >= 11 is 0. The van der Waals surface area contributed by atoms with Crippen molar-refractivity contribution in [2.75, 3.05) is 6.54 Å². The van der Waals surface area contributed by atoms with E-state index in [0.717, 1.165) is 12.5 Å². The van der Waals surface area contributed by atoms with E-state index in [4.69, 9.17) is 0 Å². The van der Waals surface area contributed by atoms with Crippen LogP contribution in [-0.2, 0) is 5.41 Å². The molecule has 0 aromatic heterocycles. The minimum atomic E-state index is 0.437. The summed E-state index contributed by atoms with van der Waals surface area (Å²) in [5, 5.41) is 3.74. The lowest BCUT2D eigenvalue weighted by Gasteiger charge is -2.29. The first kappa shape index (κ1) is 13.6. The summed E-state index contributed by atoms with van der Waals surface area (Å²) in [6.07, 6.45) is 5.34. The molecule has 2 rings (SSSR count). The fourth-order valence-electron chi connectivity index (χ4n) is 3.06. The first-order valence-electron chi connectivity index (χ1n) is 7.48. The number of likely N-dealkylation sites (N-methyl/N-ethyl adjacent to an activating group) is 1. The Labute approximate surface area is 112 Å². The van der Waals surface area contributed by atoms with Gasteiger partial charge in [0.15, 0.2) is 0 Å². The summed E-state index contributed by atoms with van der Waals surface area (Å²) in [4.78, 5) is 0. The summed E-state index contributed by atoms with van der Waals surface area (Å²) in [7, 11) is 0. The summed E-state index contributed by atoms with van der Waals surface area (Å²) in [5.41, 5.74) is 1.98. The van der Waals surface area contributed by atoms with E-state index < -0.39 is 0 Å². The van der Waals surface area contributed by atoms with Gasteiger partial charge in [0.2, 0.25) is 0 Å². The molecule has 1 unspecified atom stereocenters. The maximum Gasteiger partial charge on any atom is 0.0164 e. The molecule has 1 fully saturated rings. The van der Waals surface area contributed by atoms with Crippen LogP contribution in [0.3, 0.4) is 0 Å². The van der Waals surface area contributed by atoms with Gasteiger partial charge < -0.3 is 5.32 Å². The molecule has 0 saturated heterocycles. The molecule has 0 amide bonds. The highest BCUT2D eigenvalue weighted by Crippen LogP contribution is 2.52. The van der Waals surface area contributed by atoms with E-state index in [9.17, 15) is 0 Å². The maximum absolute atomic E-state index is 3.74. The molecule has 1 aliphatic carbocycles. The monoisotopic (exact) mass is 245 g/mol. The third-order valence-corrected chi connectivity index (χ3v) is 4.29. The molecule has 1 aliphatic rings. The largest absolute Gasteiger partial charge is 0.313 e. The average Bonchev–Trinajstić information content (AvgIpc) is 3.17. The van der Waals surface area contributed by atoms with E-state index in [1.54, 1.807) is 5.56 Å². The van der Waals surface area contributed by atoms with Gasteiger partial charge in [-0.25, -0.2) is 0 Å². The van der Waals surface area contributed by atoms with Crippen molar-refractivity contribution < 1.29 is 0 Å². The van der Waals surface area contributed by atoms with Gasteiger partial charge in [-0.3, -0.25) is 0 Å². The highest BCUT2D eigenvalue weighted by Gasteiger charge is 2.49. The Morgan fingerprint density at radius 3 is 2.28 bits per heavy atom. The Morgan fingerprint density at radius 1 is 1.11 bits per heavy atom. The SMILES string of the molecule is CCNC(CCC(C)C)C1(c2ccccc2)CC1. The van der Waals surface area contributed by atoms with E-state index in [-0.39, 0.29) is 0 Å². The van der Waals surface area contributed by atoms with Crippen molar-refractivity contribution in [2.45, 2.75) is 57.9 Å². The van der Waals surface area contributed by atoms with Crippen LogP contribution in [-0.4, -0.2) is 12.6 Å². The number of benzene rings is 1. The number of rotatable bonds is 7. The summed E-state index contributed by atoms with van der Waals surface area (Å²) in [6, 6.07) is 11.8. The fourth-order valence-corrected chi connectivity index (χ4v) is 3.06. The second-order valence-corrected chi connectivity index (χ2v) is 6.10. The predicted octanol–water partition coefficient (Wildman–Crippen LogP) is 4.13.